The van der Waals surface area contributed by atoms with Crippen molar-refractivity contribution in [1.82, 2.24) is 10.2 Å². The monoisotopic (exact) mass is 246 g/mol. The molecule has 2 heteroatoms. The molecule has 1 aromatic rings. The van der Waals surface area contributed by atoms with Crippen molar-refractivity contribution in [3.8, 4) is 0 Å². The quantitative estimate of drug-likeness (QED) is 0.878. The van der Waals surface area contributed by atoms with Gasteiger partial charge < -0.3 is 10.2 Å². The second kappa shape index (κ2) is 5.85. The smallest absolute Gasteiger partial charge is 0.0233 e. The van der Waals surface area contributed by atoms with Crippen LogP contribution in [0, 0.1) is 26.7 Å². The van der Waals surface area contributed by atoms with E-state index in [-0.39, 0.29) is 0 Å². The minimum absolute atomic E-state index is 0.835. The molecule has 1 saturated heterocycles. The number of nitrogens with zero attached hydrogens (tertiary/aromatic N) is 1. The van der Waals surface area contributed by atoms with Crippen LogP contribution in [0.15, 0.2) is 12.1 Å². The van der Waals surface area contributed by atoms with Crippen LogP contribution in [-0.2, 0) is 6.54 Å². The molecule has 18 heavy (non-hydrogen) atoms. The molecular formula is C16H26N2. The van der Waals surface area contributed by atoms with Crippen LogP contribution in [0.2, 0.25) is 0 Å². The highest BCUT2D eigenvalue weighted by atomic mass is 15.1. The molecule has 1 aliphatic heterocycles. The molecule has 2 rings (SSSR count). The maximum atomic E-state index is 3.44. The van der Waals surface area contributed by atoms with Crippen molar-refractivity contribution in [3.63, 3.8) is 0 Å². The SMILES string of the molecule is Cc1cc(C)c(CN(C)CC2CCNC2)cc1C. The third-order valence-corrected chi connectivity index (χ3v) is 4.12. The van der Waals surface area contributed by atoms with E-state index in [4.69, 9.17) is 0 Å². The molecule has 100 valence electrons. The Bertz CT molecular complexity index is 406. The zero-order valence-electron chi connectivity index (χ0n) is 12.2. The van der Waals surface area contributed by atoms with E-state index in [1.807, 2.05) is 0 Å². The van der Waals surface area contributed by atoms with Gasteiger partial charge in [0, 0.05) is 13.1 Å². The fourth-order valence-electron chi connectivity index (χ4n) is 2.86. The van der Waals surface area contributed by atoms with Crippen LogP contribution < -0.4 is 5.32 Å². The lowest BCUT2D eigenvalue weighted by Gasteiger charge is -2.22. The first kappa shape index (κ1) is 13.6. The molecule has 1 heterocycles. The molecule has 1 aromatic carbocycles. The first-order chi connectivity index (χ1) is 8.56. The summed E-state index contributed by atoms with van der Waals surface area (Å²) < 4.78 is 0. The highest BCUT2D eigenvalue weighted by Gasteiger charge is 2.16. The zero-order valence-corrected chi connectivity index (χ0v) is 12.2. The third-order valence-electron chi connectivity index (χ3n) is 4.12. The van der Waals surface area contributed by atoms with Gasteiger partial charge in [-0.25, -0.2) is 0 Å². The molecular weight excluding hydrogens is 220 g/mol. The van der Waals surface area contributed by atoms with Crippen LogP contribution in [0.4, 0.5) is 0 Å². The lowest BCUT2D eigenvalue weighted by atomic mass is 10.00. The van der Waals surface area contributed by atoms with Crippen molar-refractivity contribution in [2.45, 2.75) is 33.7 Å². The standard InChI is InChI=1S/C16H26N2/c1-12-7-14(3)16(8-13(12)2)11-18(4)10-15-5-6-17-9-15/h7-8,15,17H,5-6,9-11H2,1-4H3. The van der Waals surface area contributed by atoms with E-state index in [1.54, 1.807) is 0 Å². The first-order valence-electron chi connectivity index (χ1n) is 7.02. The molecule has 0 radical (unpaired) electrons. The second-order valence-electron chi connectivity index (χ2n) is 5.92. The fraction of sp³-hybridized carbons (Fsp3) is 0.625. The van der Waals surface area contributed by atoms with Crippen LogP contribution in [-0.4, -0.2) is 31.6 Å². The third kappa shape index (κ3) is 3.33. The van der Waals surface area contributed by atoms with Gasteiger partial charge >= 0.3 is 0 Å². The Morgan fingerprint density at radius 3 is 2.56 bits per heavy atom. The van der Waals surface area contributed by atoms with Gasteiger partial charge in [0.2, 0.25) is 0 Å². The van der Waals surface area contributed by atoms with Crippen molar-refractivity contribution in [3.05, 3.63) is 34.4 Å². The number of benzene rings is 1. The van der Waals surface area contributed by atoms with Crippen molar-refractivity contribution in [2.75, 3.05) is 26.7 Å². The molecule has 1 unspecified atom stereocenters. The van der Waals surface area contributed by atoms with E-state index >= 15 is 0 Å². The van der Waals surface area contributed by atoms with Gasteiger partial charge in [0.15, 0.2) is 0 Å². The highest BCUT2D eigenvalue weighted by Crippen LogP contribution is 2.18. The van der Waals surface area contributed by atoms with Crippen molar-refractivity contribution in [1.29, 1.82) is 0 Å². The summed E-state index contributed by atoms with van der Waals surface area (Å²) >= 11 is 0. The number of hydrogen-bond acceptors (Lipinski definition) is 2. The predicted octanol–water partition coefficient (Wildman–Crippen LogP) is 2.65. The van der Waals surface area contributed by atoms with Gasteiger partial charge in [-0.2, -0.15) is 0 Å². The molecule has 0 aromatic heterocycles. The molecule has 0 amide bonds. The van der Waals surface area contributed by atoms with Gasteiger partial charge in [0.1, 0.15) is 0 Å². The van der Waals surface area contributed by atoms with Crippen molar-refractivity contribution < 1.29 is 0 Å². The largest absolute Gasteiger partial charge is 0.316 e. The lowest BCUT2D eigenvalue weighted by molar-refractivity contribution is 0.278. The fourth-order valence-corrected chi connectivity index (χ4v) is 2.86. The van der Waals surface area contributed by atoms with Crippen molar-refractivity contribution >= 4 is 0 Å². The summed E-state index contributed by atoms with van der Waals surface area (Å²) in [5, 5.41) is 3.44. The van der Waals surface area contributed by atoms with Gasteiger partial charge in [-0.05, 0) is 75.5 Å². The van der Waals surface area contributed by atoms with E-state index in [2.05, 4.69) is 50.2 Å². The maximum absolute atomic E-state index is 3.44. The van der Waals surface area contributed by atoms with Gasteiger partial charge in [-0.15, -0.1) is 0 Å². The van der Waals surface area contributed by atoms with Crippen LogP contribution in [0.25, 0.3) is 0 Å². The normalized spacial score (nSPS) is 19.7. The summed E-state index contributed by atoms with van der Waals surface area (Å²) in [6.45, 7) is 11.3. The van der Waals surface area contributed by atoms with Crippen LogP contribution in [0.5, 0.6) is 0 Å². The maximum Gasteiger partial charge on any atom is 0.0233 e. The number of rotatable bonds is 4. The molecule has 1 aliphatic rings. The summed E-state index contributed by atoms with van der Waals surface area (Å²) in [5.41, 5.74) is 5.71. The molecule has 1 N–H and O–H groups in total. The lowest BCUT2D eigenvalue weighted by Crippen LogP contribution is -2.27. The number of hydrogen-bond donors (Lipinski definition) is 1. The Kier molecular flexibility index (Phi) is 4.41. The van der Waals surface area contributed by atoms with E-state index in [0.717, 1.165) is 12.5 Å². The van der Waals surface area contributed by atoms with Crippen LogP contribution in [0.3, 0.4) is 0 Å². The highest BCUT2D eigenvalue weighted by molar-refractivity contribution is 5.36. The topological polar surface area (TPSA) is 15.3 Å². The van der Waals surface area contributed by atoms with Gasteiger partial charge in [-0.3, -0.25) is 0 Å². The second-order valence-corrected chi connectivity index (χ2v) is 5.92. The summed E-state index contributed by atoms with van der Waals surface area (Å²) in [6.07, 6.45) is 1.33. The Balaban J connectivity index is 1.97. The molecule has 0 bridgehead atoms. The van der Waals surface area contributed by atoms with Gasteiger partial charge in [-0.1, -0.05) is 12.1 Å². The van der Waals surface area contributed by atoms with Crippen molar-refractivity contribution in [2.24, 2.45) is 5.92 Å². The number of nitrogens with one attached hydrogen (secondary N) is 1. The predicted molar refractivity (Wildman–Crippen MR) is 78.0 cm³/mol. The summed E-state index contributed by atoms with van der Waals surface area (Å²) in [5.74, 6) is 0.835. The zero-order chi connectivity index (χ0) is 13.1. The van der Waals surface area contributed by atoms with Gasteiger partial charge in [0.05, 0.1) is 0 Å². The molecule has 1 atom stereocenters. The Hall–Kier alpha value is -0.860. The average molecular weight is 246 g/mol. The summed E-state index contributed by atoms with van der Waals surface area (Å²) in [4.78, 5) is 2.47. The minimum Gasteiger partial charge on any atom is -0.316 e. The molecule has 0 aliphatic carbocycles. The molecule has 0 spiro atoms. The minimum atomic E-state index is 0.835. The van der Waals surface area contributed by atoms with Gasteiger partial charge in [0.25, 0.3) is 0 Å². The first-order valence-corrected chi connectivity index (χ1v) is 7.02. The summed E-state index contributed by atoms with van der Waals surface area (Å²) in [6, 6.07) is 4.67. The summed E-state index contributed by atoms with van der Waals surface area (Å²) in [7, 11) is 2.24. The van der Waals surface area contributed by atoms with E-state index in [1.165, 1.54) is 48.3 Å². The van der Waals surface area contributed by atoms with E-state index < -0.39 is 0 Å². The van der Waals surface area contributed by atoms with E-state index in [0.29, 0.717) is 0 Å². The van der Waals surface area contributed by atoms with Crippen LogP contribution >= 0.6 is 0 Å². The average Bonchev–Trinajstić information content (AvgIpc) is 2.78. The Morgan fingerprint density at radius 1 is 1.17 bits per heavy atom. The Labute approximate surface area is 111 Å². The molecule has 2 nitrogen and oxygen atoms in total. The van der Waals surface area contributed by atoms with Crippen LogP contribution in [0.1, 0.15) is 28.7 Å². The molecule has 0 saturated carbocycles. The number of aryl methyl sites for hydroxylation is 3. The van der Waals surface area contributed by atoms with E-state index in [9.17, 15) is 0 Å². The molecule has 1 fully saturated rings. The Morgan fingerprint density at radius 2 is 1.89 bits per heavy atom.